The summed E-state index contributed by atoms with van der Waals surface area (Å²) < 4.78 is 13.2. The van der Waals surface area contributed by atoms with Crippen LogP contribution in [0, 0.1) is 17.2 Å². The average Bonchev–Trinajstić information content (AvgIpc) is 3.24. The van der Waals surface area contributed by atoms with Crippen molar-refractivity contribution in [3.8, 4) is 0 Å². The van der Waals surface area contributed by atoms with Gasteiger partial charge in [-0.05, 0) is 48.2 Å². The number of benzene rings is 1. The van der Waals surface area contributed by atoms with Crippen LogP contribution in [0.3, 0.4) is 0 Å². The van der Waals surface area contributed by atoms with Crippen LogP contribution < -0.4 is 10.6 Å². The van der Waals surface area contributed by atoms with E-state index in [0.717, 1.165) is 24.0 Å². The van der Waals surface area contributed by atoms with Gasteiger partial charge in [0.2, 0.25) is 5.91 Å². The largest absolute Gasteiger partial charge is 0.352 e. The summed E-state index contributed by atoms with van der Waals surface area (Å²) in [6.07, 6.45) is 5.07. The molecule has 1 spiro atoms. The summed E-state index contributed by atoms with van der Waals surface area (Å²) in [7, 11) is 0. The molecule has 1 saturated heterocycles. The number of halogens is 1. The molecule has 2 heterocycles. The Bertz CT molecular complexity index is 876. The van der Waals surface area contributed by atoms with E-state index in [1.54, 1.807) is 29.4 Å². The third kappa shape index (κ3) is 3.98. The van der Waals surface area contributed by atoms with E-state index < -0.39 is 0 Å². The molecule has 1 aromatic heterocycles. The molecule has 1 saturated carbocycles. The van der Waals surface area contributed by atoms with Gasteiger partial charge in [0.05, 0.1) is 0 Å². The van der Waals surface area contributed by atoms with Gasteiger partial charge >= 0.3 is 6.03 Å². The van der Waals surface area contributed by atoms with E-state index >= 15 is 0 Å². The fraction of sp³-hybridized carbons (Fsp3) is 0.381. The Morgan fingerprint density at radius 2 is 1.93 bits per heavy atom. The Balaban J connectivity index is 1.25. The van der Waals surface area contributed by atoms with Crippen LogP contribution in [-0.4, -0.2) is 34.9 Å². The van der Waals surface area contributed by atoms with Crippen LogP contribution in [0.1, 0.15) is 24.0 Å². The maximum absolute atomic E-state index is 13.2. The number of carbonyl (C=O) groups is 2. The molecule has 1 aliphatic carbocycles. The molecular weight excluding hydrogens is 359 g/mol. The van der Waals surface area contributed by atoms with Crippen LogP contribution in [0.5, 0.6) is 0 Å². The quantitative estimate of drug-likeness (QED) is 0.834. The monoisotopic (exact) mass is 382 g/mol. The first-order chi connectivity index (χ1) is 13.6. The van der Waals surface area contributed by atoms with Crippen LogP contribution in [0.25, 0.3) is 0 Å². The summed E-state index contributed by atoms with van der Waals surface area (Å²) in [5, 5.41) is 5.83. The fourth-order valence-electron chi connectivity index (χ4n) is 3.99. The number of aromatic nitrogens is 1. The number of pyridine rings is 1. The van der Waals surface area contributed by atoms with Crippen LogP contribution in [-0.2, 0) is 17.9 Å². The molecule has 1 aromatic carbocycles. The SMILES string of the molecule is O=C(NCc1ccncc1)C1CC12CCN(C(=O)NCc1cccc(F)c1)C2. The molecule has 2 fully saturated rings. The van der Waals surface area contributed by atoms with Gasteiger partial charge in [0, 0.05) is 49.9 Å². The van der Waals surface area contributed by atoms with Gasteiger partial charge in [-0.15, -0.1) is 0 Å². The van der Waals surface area contributed by atoms with Crippen molar-refractivity contribution >= 4 is 11.9 Å². The third-order valence-corrected chi connectivity index (χ3v) is 5.73. The first-order valence-corrected chi connectivity index (χ1v) is 9.50. The van der Waals surface area contributed by atoms with Crippen LogP contribution >= 0.6 is 0 Å². The van der Waals surface area contributed by atoms with Crippen LogP contribution in [0.4, 0.5) is 9.18 Å². The van der Waals surface area contributed by atoms with Crippen molar-refractivity contribution in [3.05, 3.63) is 65.7 Å². The number of nitrogens with zero attached hydrogens (tertiary/aromatic N) is 2. The Labute approximate surface area is 163 Å². The summed E-state index contributed by atoms with van der Waals surface area (Å²) in [4.78, 5) is 30.6. The normalized spacial score (nSPS) is 22.9. The minimum atomic E-state index is -0.314. The number of likely N-dealkylation sites (tertiary alicyclic amines) is 1. The van der Waals surface area contributed by atoms with Crippen molar-refractivity contribution in [2.24, 2.45) is 11.3 Å². The van der Waals surface area contributed by atoms with Crippen molar-refractivity contribution < 1.29 is 14.0 Å². The summed E-state index contributed by atoms with van der Waals surface area (Å²) in [5.74, 6) is -0.292. The topological polar surface area (TPSA) is 74.3 Å². The number of hydrogen-bond donors (Lipinski definition) is 2. The zero-order valence-electron chi connectivity index (χ0n) is 15.5. The van der Waals surface area contributed by atoms with Crippen molar-refractivity contribution in [1.29, 1.82) is 0 Å². The second-order valence-corrected chi connectivity index (χ2v) is 7.65. The van der Waals surface area contributed by atoms with E-state index in [9.17, 15) is 14.0 Å². The third-order valence-electron chi connectivity index (χ3n) is 5.73. The van der Waals surface area contributed by atoms with Gasteiger partial charge in [-0.25, -0.2) is 9.18 Å². The number of nitrogens with one attached hydrogen (secondary N) is 2. The lowest BCUT2D eigenvalue weighted by molar-refractivity contribution is -0.123. The van der Waals surface area contributed by atoms with Crippen molar-refractivity contribution in [3.63, 3.8) is 0 Å². The zero-order valence-corrected chi connectivity index (χ0v) is 15.5. The Hall–Kier alpha value is -2.96. The number of hydrogen-bond acceptors (Lipinski definition) is 3. The molecule has 2 aromatic rings. The number of amides is 3. The molecule has 2 aliphatic rings. The Morgan fingerprint density at radius 3 is 2.71 bits per heavy atom. The zero-order chi connectivity index (χ0) is 19.6. The standard InChI is InChI=1S/C21H23FN4O2/c22-17-3-1-2-16(10-17)13-25-20(28)26-9-6-21(14-26)11-18(21)19(27)24-12-15-4-7-23-8-5-15/h1-5,7-8,10,18H,6,9,11-14H2,(H,24,27)(H,25,28). The van der Waals surface area contributed by atoms with E-state index in [2.05, 4.69) is 15.6 Å². The Kier molecular flexibility index (Phi) is 4.98. The molecule has 146 valence electrons. The fourth-order valence-corrected chi connectivity index (χ4v) is 3.99. The number of carbonyl (C=O) groups excluding carboxylic acids is 2. The first kappa shape index (κ1) is 18.4. The van der Waals surface area contributed by atoms with Crippen molar-refractivity contribution in [1.82, 2.24) is 20.5 Å². The lowest BCUT2D eigenvalue weighted by Crippen LogP contribution is -2.38. The van der Waals surface area contributed by atoms with E-state index in [4.69, 9.17) is 0 Å². The summed E-state index contributed by atoms with van der Waals surface area (Å²) in [5.41, 5.74) is 1.66. The van der Waals surface area contributed by atoms with Gasteiger partial charge in [0.15, 0.2) is 0 Å². The molecule has 7 heteroatoms. The summed E-state index contributed by atoms with van der Waals surface area (Å²) >= 11 is 0. The van der Waals surface area contributed by atoms with Gasteiger partial charge in [0.1, 0.15) is 5.82 Å². The molecular formula is C21H23FN4O2. The molecule has 2 atom stereocenters. The maximum Gasteiger partial charge on any atom is 0.317 e. The number of rotatable bonds is 5. The minimum Gasteiger partial charge on any atom is -0.352 e. The van der Waals surface area contributed by atoms with E-state index in [1.165, 1.54) is 12.1 Å². The molecule has 6 nitrogen and oxygen atoms in total. The smallest absolute Gasteiger partial charge is 0.317 e. The van der Waals surface area contributed by atoms with Gasteiger partial charge in [0.25, 0.3) is 0 Å². The second kappa shape index (κ2) is 7.58. The number of urea groups is 1. The molecule has 3 amide bonds. The van der Waals surface area contributed by atoms with Crippen molar-refractivity contribution in [2.75, 3.05) is 13.1 Å². The summed E-state index contributed by atoms with van der Waals surface area (Å²) in [6, 6.07) is 9.79. The van der Waals surface area contributed by atoms with Gasteiger partial charge in [-0.1, -0.05) is 12.1 Å². The predicted octanol–water partition coefficient (Wildman–Crippen LogP) is 2.46. The van der Waals surface area contributed by atoms with Crippen LogP contribution in [0.15, 0.2) is 48.8 Å². The highest BCUT2D eigenvalue weighted by Gasteiger charge is 2.61. The van der Waals surface area contributed by atoms with Crippen LogP contribution in [0.2, 0.25) is 0 Å². The first-order valence-electron chi connectivity index (χ1n) is 9.50. The molecule has 2 unspecified atom stereocenters. The minimum absolute atomic E-state index is 0.0321. The summed E-state index contributed by atoms with van der Waals surface area (Å²) in [6.45, 7) is 2.01. The average molecular weight is 382 g/mol. The highest BCUT2D eigenvalue weighted by molar-refractivity contribution is 5.83. The lowest BCUT2D eigenvalue weighted by Gasteiger charge is -2.17. The second-order valence-electron chi connectivity index (χ2n) is 7.65. The van der Waals surface area contributed by atoms with Gasteiger partial charge in [-0.3, -0.25) is 9.78 Å². The maximum atomic E-state index is 13.2. The molecule has 0 bridgehead atoms. The highest BCUT2D eigenvalue weighted by Crippen LogP contribution is 2.58. The molecule has 4 rings (SSSR count). The highest BCUT2D eigenvalue weighted by atomic mass is 19.1. The molecule has 2 N–H and O–H groups in total. The Morgan fingerprint density at radius 1 is 1.14 bits per heavy atom. The molecule has 28 heavy (non-hydrogen) atoms. The molecule has 1 aliphatic heterocycles. The van der Waals surface area contributed by atoms with E-state index in [0.29, 0.717) is 19.6 Å². The van der Waals surface area contributed by atoms with Gasteiger partial charge in [-0.2, -0.15) is 0 Å². The van der Waals surface area contributed by atoms with Gasteiger partial charge < -0.3 is 15.5 Å². The van der Waals surface area contributed by atoms with E-state index in [1.807, 2.05) is 12.1 Å². The predicted molar refractivity (Wildman–Crippen MR) is 101 cm³/mol. The van der Waals surface area contributed by atoms with E-state index in [-0.39, 0.29) is 35.6 Å². The molecule has 0 radical (unpaired) electrons. The van der Waals surface area contributed by atoms with Crippen molar-refractivity contribution in [2.45, 2.75) is 25.9 Å². The lowest BCUT2D eigenvalue weighted by atomic mass is 10.0.